The Morgan fingerprint density at radius 2 is 2.27 bits per heavy atom. The third kappa shape index (κ3) is 2.53. The highest BCUT2D eigenvalue weighted by Crippen LogP contribution is 2.31. The number of thioether (sulfide) groups is 2. The number of H-pyrrole nitrogens is 1. The normalized spacial score (nSPS) is 16.9. The number of hydrogen-bond acceptors (Lipinski definition) is 5. The first-order valence-electron chi connectivity index (χ1n) is 4.18. The number of rotatable bonds is 2. The molecule has 1 aliphatic heterocycles. The molecular weight excluding hydrogens is 258 g/mol. The van der Waals surface area contributed by atoms with Crippen LogP contribution in [-0.2, 0) is 0 Å². The number of carbonyl (C=O) groups is 1. The number of imidazole rings is 1. The lowest BCUT2D eigenvalue weighted by atomic mass is 10.7. The van der Waals surface area contributed by atoms with Crippen LogP contribution in [0.5, 0.6) is 0 Å². The van der Waals surface area contributed by atoms with Crippen LogP contribution in [0, 0.1) is 0 Å². The van der Waals surface area contributed by atoms with Gasteiger partial charge in [-0.05, 0) is 11.6 Å². The van der Waals surface area contributed by atoms with E-state index in [-0.39, 0.29) is 4.71 Å². The fraction of sp³-hybridized carbons (Fsp3) is 0.429. The van der Waals surface area contributed by atoms with Gasteiger partial charge in [-0.2, -0.15) is 0 Å². The Kier molecular flexibility index (Phi) is 3.32. The maximum Gasteiger partial charge on any atom is 0.334 e. The molecule has 0 aromatic carbocycles. The molecule has 8 heteroatoms. The fourth-order valence-corrected chi connectivity index (χ4v) is 3.87. The summed E-state index contributed by atoms with van der Waals surface area (Å²) in [4.78, 5) is 24.5. The van der Waals surface area contributed by atoms with E-state index >= 15 is 0 Å². The second kappa shape index (κ2) is 4.54. The van der Waals surface area contributed by atoms with E-state index < -0.39 is 11.1 Å². The number of carbonyl (C=O) groups excluding carboxylic acids is 1. The topological polar surface area (TPSA) is 66.9 Å². The minimum atomic E-state index is -0.809. The van der Waals surface area contributed by atoms with E-state index in [1.165, 1.54) is 6.20 Å². The van der Waals surface area contributed by atoms with Crippen LogP contribution in [0.25, 0.3) is 0 Å². The molecular formula is C7H8ClN3O2S2. The van der Waals surface area contributed by atoms with Gasteiger partial charge < -0.3 is 5.32 Å². The number of aromatic nitrogens is 2. The quantitative estimate of drug-likeness (QED) is 0.795. The Morgan fingerprint density at radius 3 is 2.80 bits per heavy atom. The highest BCUT2D eigenvalue weighted by atomic mass is 35.5. The Labute approximate surface area is 98.9 Å². The molecule has 0 unspecified atom stereocenters. The summed E-state index contributed by atoms with van der Waals surface area (Å²) in [7, 11) is 0. The molecule has 1 saturated heterocycles. The molecule has 1 aromatic heterocycles. The summed E-state index contributed by atoms with van der Waals surface area (Å²) in [5.41, 5.74) is -0.523. The second-order valence-electron chi connectivity index (χ2n) is 2.81. The summed E-state index contributed by atoms with van der Waals surface area (Å²) in [6.45, 7) is 0. The summed E-state index contributed by atoms with van der Waals surface area (Å²) in [6.07, 6.45) is 1.37. The van der Waals surface area contributed by atoms with Crippen LogP contribution >= 0.6 is 35.1 Å². The number of hydrogen-bond donors (Lipinski definition) is 2. The zero-order valence-electron chi connectivity index (χ0n) is 7.53. The lowest BCUT2D eigenvalue weighted by molar-refractivity contribution is 0.260. The first-order chi connectivity index (χ1) is 7.16. The predicted molar refractivity (Wildman–Crippen MR) is 64.0 cm³/mol. The molecule has 0 amide bonds. The van der Waals surface area contributed by atoms with Crippen molar-refractivity contribution in [3.05, 3.63) is 16.7 Å². The molecule has 15 heavy (non-hydrogen) atoms. The Morgan fingerprint density at radius 1 is 1.60 bits per heavy atom. The minimum absolute atomic E-state index is 0.224. The molecule has 5 nitrogen and oxygen atoms in total. The van der Waals surface area contributed by atoms with Crippen LogP contribution in [-0.4, -0.2) is 31.1 Å². The van der Waals surface area contributed by atoms with E-state index in [1.807, 2.05) is 0 Å². The van der Waals surface area contributed by atoms with Gasteiger partial charge in [0.05, 0.1) is 6.20 Å². The average molecular weight is 266 g/mol. The van der Waals surface area contributed by atoms with Crippen molar-refractivity contribution in [3.8, 4) is 0 Å². The number of nitrogens with one attached hydrogen (secondary N) is 2. The molecule has 0 saturated carbocycles. The highest BCUT2D eigenvalue weighted by Gasteiger charge is 2.17. The lowest BCUT2D eigenvalue weighted by Crippen LogP contribution is -2.18. The van der Waals surface area contributed by atoms with Gasteiger partial charge in [-0.15, -0.1) is 23.5 Å². The van der Waals surface area contributed by atoms with Gasteiger partial charge in [0.1, 0.15) is 10.5 Å². The molecule has 2 heterocycles. The third-order valence-corrected chi connectivity index (χ3v) is 4.78. The first kappa shape index (κ1) is 11.0. The van der Waals surface area contributed by atoms with Crippen molar-refractivity contribution in [2.24, 2.45) is 0 Å². The molecule has 2 rings (SSSR count). The van der Waals surface area contributed by atoms with Crippen molar-refractivity contribution in [2.75, 3.05) is 16.8 Å². The third-order valence-electron chi connectivity index (χ3n) is 1.80. The number of anilines is 1. The van der Waals surface area contributed by atoms with E-state index in [0.29, 0.717) is 5.82 Å². The van der Waals surface area contributed by atoms with E-state index in [0.717, 1.165) is 16.1 Å². The van der Waals surface area contributed by atoms with Gasteiger partial charge >= 0.3 is 11.1 Å². The molecule has 0 radical (unpaired) electrons. The van der Waals surface area contributed by atoms with Crippen molar-refractivity contribution in [3.63, 3.8) is 0 Å². The van der Waals surface area contributed by atoms with Gasteiger partial charge in [-0.3, -0.25) is 9.78 Å². The number of halogens is 1. The van der Waals surface area contributed by atoms with Crippen molar-refractivity contribution in [2.45, 2.75) is 4.71 Å². The molecule has 0 spiro atoms. The smallest absolute Gasteiger partial charge is 0.334 e. The van der Waals surface area contributed by atoms with Gasteiger partial charge in [0.2, 0.25) is 0 Å². The minimum Gasteiger partial charge on any atom is -0.350 e. The van der Waals surface area contributed by atoms with Crippen LogP contribution in [0.3, 0.4) is 0 Å². The molecule has 1 fully saturated rings. The number of aromatic amines is 1. The fourth-order valence-electron chi connectivity index (χ4n) is 1.17. The molecule has 1 aromatic rings. The molecule has 2 N–H and O–H groups in total. The van der Waals surface area contributed by atoms with Crippen molar-refractivity contribution >= 4 is 46.3 Å². The Balaban J connectivity index is 2.12. The van der Waals surface area contributed by atoms with Gasteiger partial charge in [0.15, 0.2) is 0 Å². The first-order valence-corrected chi connectivity index (χ1v) is 6.65. The van der Waals surface area contributed by atoms with Crippen molar-refractivity contribution in [1.29, 1.82) is 0 Å². The van der Waals surface area contributed by atoms with Gasteiger partial charge in [-0.1, -0.05) is 0 Å². The SMILES string of the molecule is O=C(Cl)n1cc(NC2SCCS2)[nH]c1=O. The van der Waals surface area contributed by atoms with E-state index in [2.05, 4.69) is 10.3 Å². The second-order valence-corrected chi connectivity index (χ2v) is 5.86. The summed E-state index contributed by atoms with van der Waals surface area (Å²) >= 11 is 8.73. The van der Waals surface area contributed by atoms with Gasteiger partial charge in [0.25, 0.3) is 0 Å². The zero-order chi connectivity index (χ0) is 10.8. The summed E-state index contributed by atoms with van der Waals surface area (Å²) in [5, 5.41) is 2.29. The maximum absolute atomic E-state index is 11.2. The molecule has 1 aliphatic rings. The standard InChI is InChI=1S/C7H8ClN3O2S2/c8-5(12)11-3-4(9-6(11)13)10-7-14-1-2-15-7/h3,7,10H,1-2H2,(H,9,13). The van der Waals surface area contributed by atoms with Crippen molar-refractivity contribution < 1.29 is 4.79 Å². The molecule has 82 valence electrons. The van der Waals surface area contributed by atoms with Crippen molar-refractivity contribution in [1.82, 2.24) is 9.55 Å². The molecule has 0 aliphatic carbocycles. The van der Waals surface area contributed by atoms with Gasteiger partial charge in [0, 0.05) is 11.5 Å². The molecule has 0 bridgehead atoms. The summed E-state index contributed by atoms with van der Waals surface area (Å²) < 4.78 is 1.05. The number of nitrogens with zero attached hydrogens (tertiary/aromatic N) is 1. The van der Waals surface area contributed by atoms with Crippen LogP contribution < -0.4 is 11.0 Å². The Hall–Kier alpha value is -0.530. The zero-order valence-corrected chi connectivity index (χ0v) is 9.92. The maximum atomic E-state index is 11.2. The molecule has 0 atom stereocenters. The highest BCUT2D eigenvalue weighted by molar-refractivity contribution is 8.20. The monoisotopic (exact) mass is 265 g/mol. The van der Waals surface area contributed by atoms with E-state index in [4.69, 9.17) is 11.6 Å². The van der Waals surface area contributed by atoms with E-state index in [1.54, 1.807) is 23.5 Å². The van der Waals surface area contributed by atoms with Crippen LogP contribution in [0.2, 0.25) is 0 Å². The van der Waals surface area contributed by atoms with Crippen LogP contribution in [0.15, 0.2) is 11.0 Å². The average Bonchev–Trinajstić information content (AvgIpc) is 2.75. The van der Waals surface area contributed by atoms with E-state index in [9.17, 15) is 9.59 Å². The van der Waals surface area contributed by atoms with Crippen LogP contribution in [0.1, 0.15) is 0 Å². The van der Waals surface area contributed by atoms with Gasteiger partial charge in [-0.25, -0.2) is 9.36 Å². The lowest BCUT2D eigenvalue weighted by Gasteiger charge is -2.08. The predicted octanol–water partition coefficient (Wildman–Crippen LogP) is 1.56. The largest absolute Gasteiger partial charge is 0.350 e. The summed E-state index contributed by atoms with van der Waals surface area (Å²) in [5.74, 6) is 2.68. The summed E-state index contributed by atoms with van der Waals surface area (Å²) in [6, 6.07) is 0. The van der Waals surface area contributed by atoms with Crippen LogP contribution in [0.4, 0.5) is 10.6 Å². The Bertz CT molecular complexity index is 424.